The van der Waals surface area contributed by atoms with Crippen LogP contribution in [0.1, 0.15) is 31.4 Å². The molecule has 1 aliphatic rings. The molecular formula is C26H28N2O3S2. The monoisotopic (exact) mass is 480 g/mol. The van der Waals surface area contributed by atoms with E-state index in [1.165, 1.54) is 10.8 Å². The van der Waals surface area contributed by atoms with Gasteiger partial charge in [0.2, 0.25) is 5.91 Å². The van der Waals surface area contributed by atoms with Crippen LogP contribution in [0.3, 0.4) is 0 Å². The van der Waals surface area contributed by atoms with Gasteiger partial charge in [-0.3, -0.25) is 4.79 Å². The third-order valence-corrected chi connectivity index (χ3v) is 8.61. The number of rotatable bonds is 9. The second-order valence-corrected chi connectivity index (χ2v) is 11.3. The van der Waals surface area contributed by atoms with Crippen LogP contribution in [0.5, 0.6) is 11.5 Å². The standard InChI is InChI=1S/C26H28N2O3S2/c1-3-30-24-15-19(17-27-28-25(29)16-26(2)32-13-14-33-26)11-12-23(24)31-18-21-9-6-8-20-7-4-5-10-22(20)21/h4-12,15,17H,3,13-14,16,18H2,1-2H3,(H,28,29)/b27-17-. The van der Waals surface area contributed by atoms with Crippen molar-refractivity contribution in [3.63, 3.8) is 0 Å². The number of amides is 1. The molecule has 1 aliphatic heterocycles. The highest BCUT2D eigenvalue weighted by Crippen LogP contribution is 2.45. The fourth-order valence-electron chi connectivity index (χ4n) is 3.74. The van der Waals surface area contributed by atoms with Gasteiger partial charge in [-0.25, -0.2) is 5.43 Å². The number of carbonyl (C=O) groups is 1. The SMILES string of the molecule is CCOc1cc(/C=N\NC(=O)CC2(C)SCCS2)ccc1OCc1cccc2ccccc12. The van der Waals surface area contributed by atoms with Crippen molar-refractivity contribution in [2.24, 2.45) is 5.10 Å². The Kier molecular flexibility index (Phi) is 7.83. The summed E-state index contributed by atoms with van der Waals surface area (Å²) < 4.78 is 11.9. The van der Waals surface area contributed by atoms with Crippen LogP contribution in [0.15, 0.2) is 65.8 Å². The van der Waals surface area contributed by atoms with Gasteiger partial charge < -0.3 is 9.47 Å². The third kappa shape index (κ3) is 6.24. The van der Waals surface area contributed by atoms with E-state index >= 15 is 0 Å². The Balaban J connectivity index is 1.40. The van der Waals surface area contributed by atoms with Crippen LogP contribution in [0, 0.1) is 0 Å². The first-order chi connectivity index (χ1) is 16.1. The summed E-state index contributed by atoms with van der Waals surface area (Å²) in [6.07, 6.45) is 2.08. The number of carbonyl (C=O) groups excluding carboxylic acids is 1. The average Bonchev–Trinajstić information content (AvgIpc) is 3.24. The first-order valence-electron chi connectivity index (χ1n) is 11.0. The second-order valence-electron chi connectivity index (χ2n) is 7.87. The van der Waals surface area contributed by atoms with Gasteiger partial charge in [0.1, 0.15) is 6.61 Å². The molecule has 4 rings (SSSR count). The predicted molar refractivity (Wildman–Crippen MR) is 140 cm³/mol. The normalized spacial score (nSPS) is 15.1. The number of ether oxygens (including phenoxy) is 2. The van der Waals surface area contributed by atoms with Crippen LogP contribution in [0.4, 0.5) is 0 Å². The van der Waals surface area contributed by atoms with Crippen LogP contribution < -0.4 is 14.9 Å². The second kappa shape index (κ2) is 11.0. The average molecular weight is 481 g/mol. The van der Waals surface area contributed by atoms with Crippen LogP contribution in [-0.2, 0) is 11.4 Å². The summed E-state index contributed by atoms with van der Waals surface area (Å²) >= 11 is 3.67. The molecular weight excluding hydrogens is 452 g/mol. The van der Waals surface area contributed by atoms with E-state index < -0.39 is 0 Å². The summed E-state index contributed by atoms with van der Waals surface area (Å²) in [5.41, 5.74) is 4.59. The van der Waals surface area contributed by atoms with Crippen molar-refractivity contribution in [1.82, 2.24) is 5.43 Å². The Morgan fingerprint density at radius 3 is 2.67 bits per heavy atom. The summed E-state index contributed by atoms with van der Waals surface area (Å²) in [6.45, 7) is 5.02. The van der Waals surface area contributed by atoms with Crippen LogP contribution >= 0.6 is 23.5 Å². The van der Waals surface area contributed by atoms with Crippen molar-refractivity contribution in [2.75, 3.05) is 18.1 Å². The van der Waals surface area contributed by atoms with Gasteiger partial charge in [0.05, 0.1) is 23.3 Å². The van der Waals surface area contributed by atoms with Gasteiger partial charge in [0, 0.05) is 11.5 Å². The lowest BCUT2D eigenvalue weighted by atomic mass is 10.1. The van der Waals surface area contributed by atoms with E-state index in [2.05, 4.69) is 41.7 Å². The van der Waals surface area contributed by atoms with Crippen molar-refractivity contribution >= 4 is 46.4 Å². The molecule has 0 atom stereocenters. The van der Waals surface area contributed by atoms with Gasteiger partial charge in [-0.2, -0.15) is 5.10 Å². The van der Waals surface area contributed by atoms with Gasteiger partial charge in [0.15, 0.2) is 11.5 Å². The summed E-state index contributed by atoms with van der Waals surface area (Å²) in [5.74, 6) is 3.43. The molecule has 0 unspecified atom stereocenters. The molecule has 1 heterocycles. The minimum absolute atomic E-state index is 0.0508. The fraction of sp³-hybridized carbons (Fsp3) is 0.308. The minimum atomic E-state index is -0.0734. The Labute approximate surface area is 203 Å². The van der Waals surface area contributed by atoms with Crippen molar-refractivity contribution in [2.45, 2.75) is 31.0 Å². The molecule has 1 saturated heterocycles. The van der Waals surface area contributed by atoms with E-state index in [0.717, 1.165) is 22.6 Å². The Bertz CT molecular complexity index is 1140. The maximum Gasteiger partial charge on any atom is 0.242 e. The topological polar surface area (TPSA) is 59.9 Å². The smallest absolute Gasteiger partial charge is 0.242 e. The number of nitrogens with zero attached hydrogens (tertiary/aromatic N) is 1. The molecule has 1 fully saturated rings. The number of hydrogen-bond acceptors (Lipinski definition) is 6. The highest BCUT2D eigenvalue weighted by Gasteiger charge is 2.32. The zero-order valence-corrected chi connectivity index (χ0v) is 20.5. The van der Waals surface area contributed by atoms with Crippen molar-refractivity contribution < 1.29 is 14.3 Å². The Hall–Kier alpha value is -2.64. The minimum Gasteiger partial charge on any atom is -0.490 e. The Morgan fingerprint density at radius 1 is 1.06 bits per heavy atom. The number of nitrogens with one attached hydrogen (secondary N) is 1. The summed E-state index contributed by atoms with van der Waals surface area (Å²) in [6, 6.07) is 20.2. The fourth-order valence-corrected chi connectivity index (χ4v) is 6.57. The molecule has 0 bridgehead atoms. The van der Waals surface area contributed by atoms with Crippen molar-refractivity contribution in [1.29, 1.82) is 0 Å². The van der Waals surface area contributed by atoms with Gasteiger partial charge >= 0.3 is 0 Å². The van der Waals surface area contributed by atoms with E-state index in [-0.39, 0.29) is 9.99 Å². The Morgan fingerprint density at radius 2 is 1.85 bits per heavy atom. The van der Waals surface area contributed by atoms with Crippen molar-refractivity contribution in [3.05, 3.63) is 71.8 Å². The lowest BCUT2D eigenvalue weighted by Crippen LogP contribution is -2.26. The van der Waals surface area contributed by atoms with E-state index in [9.17, 15) is 4.79 Å². The third-order valence-electron chi connectivity index (χ3n) is 5.31. The zero-order chi connectivity index (χ0) is 23.1. The maximum atomic E-state index is 12.2. The van der Waals surface area contributed by atoms with Gasteiger partial charge in [0.25, 0.3) is 0 Å². The highest BCUT2D eigenvalue weighted by molar-refractivity contribution is 8.21. The van der Waals surface area contributed by atoms with Gasteiger partial charge in [-0.05, 0) is 53.9 Å². The van der Waals surface area contributed by atoms with Crippen LogP contribution in [0.25, 0.3) is 10.8 Å². The predicted octanol–water partition coefficient (Wildman–Crippen LogP) is 5.85. The molecule has 1 N–H and O–H groups in total. The largest absolute Gasteiger partial charge is 0.490 e. The number of fused-ring (bicyclic) bond motifs is 1. The summed E-state index contributed by atoms with van der Waals surface area (Å²) in [7, 11) is 0. The molecule has 3 aromatic rings. The number of thioether (sulfide) groups is 2. The lowest BCUT2D eigenvalue weighted by Gasteiger charge is -2.19. The summed E-state index contributed by atoms with van der Waals surface area (Å²) in [4.78, 5) is 12.2. The molecule has 0 spiro atoms. The molecule has 0 saturated carbocycles. The van der Waals surface area contributed by atoms with Gasteiger partial charge in [-0.1, -0.05) is 42.5 Å². The molecule has 0 aromatic heterocycles. The first-order valence-corrected chi connectivity index (χ1v) is 13.0. The molecule has 1 amide bonds. The molecule has 3 aromatic carbocycles. The molecule has 172 valence electrons. The number of hydrogen-bond donors (Lipinski definition) is 1. The molecule has 0 aliphatic carbocycles. The molecule has 5 nitrogen and oxygen atoms in total. The zero-order valence-electron chi connectivity index (χ0n) is 18.9. The lowest BCUT2D eigenvalue weighted by molar-refractivity contribution is -0.121. The number of hydrazone groups is 1. The van der Waals surface area contributed by atoms with E-state index in [1.54, 1.807) is 6.21 Å². The molecule has 7 heteroatoms. The van der Waals surface area contributed by atoms with Gasteiger partial charge in [-0.15, -0.1) is 23.5 Å². The maximum absolute atomic E-state index is 12.2. The molecule has 33 heavy (non-hydrogen) atoms. The van der Waals surface area contributed by atoms with E-state index in [0.29, 0.717) is 31.1 Å². The first kappa shape index (κ1) is 23.5. The highest BCUT2D eigenvalue weighted by atomic mass is 32.2. The van der Waals surface area contributed by atoms with Crippen LogP contribution in [-0.4, -0.2) is 34.3 Å². The quantitative estimate of drug-likeness (QED) is 0.307. The number of benzene rings is 3. The van der Waals surface area contributed by atoms with Crippen molar-refractivity contribution in [3.8, 4) is 11.5 Å². The molecule has 0 radical (unpaired) electrons. The van der Waals surface area contributed by atoms with E-state index in [1.807, 2.05) is 66.8 Å². The van der Waals surface area contributed by atoms with Crippen LogP contribution in [0.2, 0.25) is 0 Å². The summed E-state index contributed by atoms with van der Waals surface area (Å²) in [5, 5.41) is 6.51. The van der Waals surface area contributed by atoms with E-state index in [4.69, 9.17) is 9.47 Å².